The van der Waals surface area contributed by atoms with Gasteiger partial charge in [-0.2, -0.15) is 0 Å². The van der Waals surface area contributed by atoms with Gasteiger partial charge in [-0.05, 0) is 18.6 Å². The van der Waals surface area contributed by atoms with Gasteiger partial charge >= 0.3 is 0 Å². The lowest BCUT2D eigenvalue weighted by molar-refractivity contribution is 0.256. The molecule has 4 nitrogen and oxygen atoms in total. The Morgan fingerprint density at radius 2 is 2.00 bits per heavy atom. The summed E-state index contributed by atoms with van der Waals surface area (Å²) in [6.07, 6.45) is 0.556. The molecule has 1 aromatic rings. The van der Waals surface area contributed by atoms with Crippen molar-refractivity contribution in [3.8, 4) is 5.75 Å². The molecule has 18 heavy (non-hydrogen) atoms. The number of rotatable bonds is 6. The first-order valence-electron chi connectivity index (χ1n) is 5.40. The molecule has 0 heterocycles. The summed E-state index contributed by atoms with van der Waals surface area (Å²) in [4.78, 5) is 0. The van der Waals surface area contributed by atoms with Gasteiger partial charge in [0.05, 0.1) is 12.4 Å². The van der Waals surface area contributed by atoms with Crippen LogP contribution in [0.3, 0.4) is 0 Å². The highest BCUT2D eigenvalue weighted by atomic mass is 32.2. The van der Waals surface area contributed by atoms with Crippen molar-refractivity contribution in [2.75, 3.05) is 12.4 Å². The van der Waals surface area contributed by atoms with Crippen LogP contribution in [0.15, 0.2) is 18.2 Å². The molecule has 1 unspecified atom stereocenters. The Labute approximate surface area is 105 Å². The molecule has 0 saturated heterocycles. The maximum Gasteiger partial charge on any atom is 0.209 e. The fraction of sp³-hybridized carbons (Fsp3) is 0.455. The highest BCUT2D eigenvalue weighted by Gasteiger charge is 2.15. The van der Waals surface area contributed by atoms with E-state index in [2.05, 4.69) is 0 Å². The summed E-state index contributed by atoms with van der Waals surface area (Å²) in [5.74, 6) is -2.30. The number of primary sulfonamides is 1. The van der Waals surface area contributed by atoms with Crippen LogP contribution in [0.2, 0.25) is 0 Å². The molecular weight excluding hydrogens is 264 g/mol. The van der Waals surface area contributed by atoms with E-state index in [1.165, 1.54) is 6.07 Å². The summed E-state index contributed by atoms with van der Waals surface area (Å²) >= 11 is 0. The average Bonchev–Trinajstić information content (AvgIpc) is 2.27. The number of benzene rings is 1. The number of ether oxygens (including phenoxy) is 1. The number of nitrogens with two attached hydrogens (primary N) is 1. The zero-order valence-corrected chi connectivity index (χ0v) is 10.7. The fourth-order valence-electron chi connectivity index (χ4n) is 1.39. The highest BCUT2D eigenvalue weighted by Crippen LogP contribution is 2.17. The van der Waals surface area contributed by atoms with Crippen molar-refractivity contribution in [3.63, 3.8) is 0 Å². The van der Waals surface area contributed by atoms with Crippen LogP contribution in [0, 0.1) is 17.6 Å². The first-order chi connectivity index (χ1) is 8.31. The summed E-state index contributed by atoms with van der Waals surface area (Å²) in [5, 5.41) is 4.93. The molecule has 0 amide bonds. The van der Waals surface area contributed by atoms with Crippen LogP contribution >= 0.6 is 0 Å². The number of sulfonamides is 1. The second kappa shape index (κ2) is 6.10. The monoisotopic (exact) mass is 279 g/mol. The zero-order chi connectivity index (χ0) is 13.8. The van der Waals surface area contributed by atoms with Crippen molar-refractivity contribution >= 4 is 10.0 Å². The molecule has 0 saturated carbocycles. The standard InChI is InChI=1S/C11H15F2NO3S/c1-2-8(7-18(14,15)16)6-17-9-3-4-10(12)11(13)5-9/h3-5,8H,2,6-7H2,1H3,(H2,14,15,16). The lowest BCUT2D eigenvalue weighted by atomic mass is 10.1. The van der Waals surface area contributed by atoms with E-state index >= 15 is 0 Å². The summed E-state index contributed by atoms with van der Waals surface area (Å²) < 4.78 is 52.6. The van der Waals surface area contributed by atoms with Crippen molar-refractivity contribution < 1.29 is 21.9 Å². The molecule has 0 aromatic heterocycles. The van der Waals surface area contributed by atoms with Gasteiger partial charge in [-0.15, -0.1) is 0 Å². The van der Waals surface area contributed by atoms with E-state index in [1.54, 1.807) is 6.92 Å². The van der Waals surface area contributed by atoms with E-state index in [1.807, 2.05) is 0 Å². The summed E-state index contributed by atoms with van der Waals surface area (Å²) in [5.41, 5.74) is 0. The molecule has 7 heteroatoms. The Balaban J connectivity index is 2.60. The third kappa shape index (κ3) is 4.97. The number of hydrogen-bond acceptors (Lipinski definition) is 3. The van der Waals surface area contributed by atoms with Gasteiger partial charge in [0.1, 0.15) is 5.75 Å². The SMILES string of the molecule is CCC(COc1ccc(F)c(F)c1)CS(N)(=O)=O. The summed E-state index contributed by atoms with van der Waals surface area (Å²) in [6.45, 7) is 1.88. The smallest absolute Gasteiger partial charge is 0.209 e. The topological polar surface area (TPSA) is 69.4 Å². The van der Waals surface area contributed by atoms with Gasteiger partial charge in [0, 0.05) is 12.0 Å². The van der Waals surface area contributed by atoms with Gasteiger partial charge in [-0.3, -0.25) is 0 Å². The van der Waals surface area contributed by atoms with Crippen LogP contribution in [0.25, 0.3) is 0 Å². The molecule has 0 bridgehead atoms. The van der Waals surface area contributed by atoms with E-state index in [-0.39, 0.29) is 24.0 Å². The van der Waals surface area contributed by atoms with Gasteiger partial charge in [-0.25, -0.2) is 22.3 Å². The highest BCUT2D eigenvalue weighted by molar-refractivity contribution is 7.89. The van der Waals surface area contributed by atoms with Crippen LogP contribution in [-0.2, 0) is 10.0 Å². The Hall–Kier alpha value is -1.21. The Kier molecular flexibility index (Phi) is 5.03. The summed E-state index contributed by atoms with van der Waals surface area (Å²) in [6, 6.07) is 3.15. The molecule has 2 N–H and O–H groups in total. The molecule has 0 spiro atoms. The van der Waals surface area contributed by atoms with E-state index in [0.717, 1.165) is 12.1 Å². The third-order valence-corrected chi connectivity index (χ3v) is 3.36. The molecular formula is C11H15F2NO3S. The van der Waals surface area contributed by atoms with Crippen LogP contribution < -0.4 is 9.88 Å². The van der Waals surface area contributed by atoms with Gasteiger partial charge < -0.3 is 4.74 Å². The van der Waals surface area contributed by atoms with Crippen molar-refractivity contribution in [1.82, 2.24) is 0 Å². The van der Waals surface area contributed by atoms with Crippen LogP contribution in [0.4, 0.5) is 8.78 Å². The summed E-state index contributed by atoms with van der Waals surface area (Å²) in [7, 11) is -3.57. The molecule has 1 atom stereocenters. The predicted octanol–water partition coefficient (Wildman–Crippen LogP) is 1.66. The predicted molar refractivity (Wildman–Crippen MR) is 63.6 cm³/mol. The molecule has 0 aliphatic carbocycles. The largest absolute Gasteiger partial charge is 0.493 e. The molecule has 0 aliphatic heterocycles. The Morgan fingerprint density at radius 3 is 2.50 bits per heavy atom. The Morgan fingerprint density at radius 1 is 1.33 bits per heavy atom. The fourth-order valence-corrected chi connectivity index (χ4v) is 2.38. The van der Waals surface area contributed by atoms with Crippen molar-refractivity contribution in [1.29, 1.82) is 0 Å². The number of hydrogen-bond donors (Lipinski definition) is 1. The molecule has 0 fully saturated rings. The quantitative estimate of drug-likeness (QED) is 0.861. The minimum atomic E-state index is -3.57. The van der Waals surface area contributed by atoms with E-state index in [9.17, 15) is 17.2 Å². The normalized spacial score (nSPS) is 13.3. The van der Waals surface area contributed by atoms with Gasteiger partial charge in [0.15, 0.2) is 11.6 Å². The second-order valence-corrected chi connectivity index (χ2v) is 5.65. The van der Waals surface area contributed by atoms with Gasteiger partial charge in [0.2, 0.25) is 10.0 Å². The first kappa shape index (κ1) is 14.8. The van der Waals surface area contributed by atoms with Crippen molar-refractivity contribution in [3.05, 3.63) is 29.8 Å². The molecule has 1 rings (SSSR count). The van der Waals surface area contributed by atoms with Crippen molar-refractivity contribution in [2.45, 2.75) is 13.3 Å². The van der Waals surface area contributed by atoms with E-state index in [0.29, 0.717) is 6.42 Å². The van der Waals surface area contributed by atoms with E-state index in [4.69, 9.17) is 9.88 Å². The van der Waals surface area contributed by atoms with Crippen LogP contribution in [0.5, 0.6) is 5.75 Å². The van der Waals surface area contributed by atoms with E-state index < -0.39 is 21.7 Å². The Bertz CT molecular complexity index is 505. The van der Waals surface area contributed by atoms with Crippen LogP contribution in [0.1, 0.15) is 13.3 Å². The second-order valence-electron chi connectivity index (χ2n) is 3.99. The molecule has 1 aromatic carbocycles. The average molecular weight is 279 g/mol. The molecule has 0 aliphatic rings. The molecule has 102 valence electrons. The third-order valence-electron chi connectivity index (χ3n) is 2.42. The van der Waals surface area contributed by atoms with Crippen LogP contribution in [-0.4, -0.2) is 20.8 Å². The zero-order valence-electron chi connectivity index (χ0n) is 9.90. The van der Waals surface area contributed by atoms with Crippen molar-refractivity contribution in [2.24, 2.45) is 11.1 Å². The lowest BCUT2D eigenvalue weighted by Gasteiger charge is -2.14. The minimum Gasteiger partial charge on any atom is -0.493 e. The first-order valence-corrected chi connectivity index (χ1v) is 7.11. The lowest BCUT2D eigenvalue weighted by Crippen LogP contribution is -2.26. The maximum atomic E-state index is 12.9. The molecule has 0 radical (unpaired) electrons. The van der Waals surface area contributed by atoms with Gasteiger partial charge in [-0.1, -0.05) is 6.92 Å². The van der Waals surface area contributed by atoms with Gasteiger partial charge in [0.25, 0.3) is 0 Å². The minimum absolute atomic E-state index is 0.0814. The maximum absolute atomic E-state index is 12.9. The number of halogens is 2.